The van der Waals surface area contributed by atoms with Crippen LogP contribution in [0.3, 0.4) is 0 Å². The van der Waals surface area contributed by atoms with E-state index in [0.717, 1.165) is 0 Å². The molecule has 5 heteroatoms. The fourth-order valence-electron chi connectivity index (χ4n) is 1.63. The largest absolute Gasteiger partial charge is 0.507 e. The van der Waals surface area contributed by atoms with Gasteiger partial charge in [-0.05, 0) is 24.3 Å². The Morgan fingerprint density at radius 1 is 0.714 bits per heavy atom. The summed E-state index contributed by atoms with van der Waals surface area (Å²) < 4.78 is 0. The number of hydrogen-bond acceptors (Lipinski definition) is 4. The summed E-state index contributed by atoms with van der Waals surface area (Å²) in [5, 5.41) is 19.1. The van der Waals surface area contributed by atoms with E-state index in [4.69, 9.17) is 0 Å². The van der Waals surface area contributed by atoms with Crippen molar-refractivity contribution in [2.45, 2.75) is 0 Å². The van der Waals surface area contributed by atoms with Gasteiger partial charge < -0.3 is 10.2 Å². The molecule has 0 bridgehead atoms. The van der Waals surface area contributed by atoms with Crippen molar-refractivity contribution in [2.24, 2.45) is 9.98 Å². The summed E-state index contributed by atoms with van der Waals surface area (Å²) >= 11 is 0. The molecule has 21 heavy (non-hydrogen) atoms. The molecule has 0 saturated heterocycles. The molecule has 2 aromatic carbocycles. The van der Waals surface area contributed by atoms with Gasteiger partial charge >= 0.3 is 0 Å². The van der Waals surface area contributed by atoms with E-state index in [1.165, 1.54) is 0 Å². The predicted molar refractivity (Wildman–Crippen MR) is 81.1 cm³/mol. The fraction of sp³-hybridized carbons (Fsp3) is 0.125. The van der Waals surface area contributed by atoms with Crippen LogP contribution in [-0.2, 0) is 20.4 Å². The van der Waals surface area contributed by atoms with E-state index in [-0.39, 0.29) is 31.9 Å². The normalized spacial score (nSPS) is 10.9. The first kappa shape index (κ1) is 17.1. The summed E-state index contributed by atoms with van der Waals surface area (Å²) in [7, 11) is 0. The molecule has 2 aromatic rings. The number of rotatable bonds is 5. The summed E-state index contributed by atoms with van der Waals surface area (Å²) in [4.78, 5) is 8.39. The molecule has 0 atom stereocenters. The smallest absolute Gasteiger partial charge is 0.124 e. The second-order valence-corrected chi connectivity index (χ2v) is 4.19. The summed E-state index contributed by atoms with van der Waals surface area (Å²) in [6.07, 6.45) is 3.26. The summed E-state index contributed by atoms with van der Waals surface area (Å²) in [5.41, 5.74) is 1.38. The Morgan fingerprint density at radius 2 is 1.10 bits per heavy atom. The molecule has 0 aromatic heterocycles. The van der Waals surface area contributed by atoms with Gasteiger partial charge in [-0.3, -0.25) is 9.98 Å². The van der Waals surface area contributed by atoms with E-state index >= 15 is 0 Å². The molecule has 0 heterocycles. The first-order valence-corrected chi connectivity index (χ1v) is 6.33. The zero-order valence-electron chi connectivity index (χ0n) is 11.3. The number of aromatic hydroxyl groups is 2. The molecule has 0 aliphatic heterocycles. The Kier molecular flexibility index (Phi) is 7.38. The second kappa shape index (κ2) is 9.07. The second-order valence-electron chi connectivity index (χ2n) is 4.19. The third-order valence-electron chi connectivity index (χ3n) is 2.69. The Bertz CT molecular complexity index is 572. The number of nitrogens with zero attached hydrogens (tertiary/aromatic N) is 2. The Morgan fingerprint density at radius 3 is 1.48 bits per heavy atom. The van der Waals surface area contributed by atoms with Gasteiger partial charge in [0.15, 0.2) is 0 Å². The van der Waals surface area contributed by atoms with Crippen LogP contribution in [0.25, 0.3) is 0 Å². The molecular formula is C16H16N2O2Pd. The van der Waals surface area contributed by atoms with Crippen LogP contribution in [-0.4, -0.2) is 35.7 Å². The quantitative estimate of drug-likeness (QED) is 0.480. The SMILES string of the molecule is Oc1ccccc1/C=N/CC/N=C/c1ccccc1O.[Pd]. The van der Waals surface area contributed by atoms with Crippen molar-refractivity contribution in [1.29, 1.82) is 0 Å². The van der Waals surface area contributed by atoms with Crippen molar-refractivity contribution >= 4 is 12.4 Å². The van der Waals surface area contributed by atoms with Gasteiger partial charge in [-0.1, -0.05) is 24.3 Å². The van der Waals surface area contributed by atoms with Crippen LogP contribution in [0, 0.1) is 0 Å². The van der Waals surface area contributed by atoms with Gasteiger partial charge in [-0.2, -0.15) is 0 Å². The zero-order valence-corrected chi connectivity index (χ0v) is 12.8. The molecule has 0 aliphatic rings. The first-order valence-electron chi connectivity index (χ1n) is 6.33. The maximum atomic E-state index is 9.54. The van der Waals surface area contributed by atoms with Gasteiger partial charge in [0, 0.05) is 44.0 Å². The predicted octanol–water partition coefficient (Wildman–Crippen LogP) is 2.63. The number of aliphatic imine (C=N–C) groups is 2. The van der Waals surface area contributed by atoms with Gasteiger partial charge in [0.25, 0.3) is 0 Å². The Hall–Kier alpha value is -1.96. The Labute approximate surface area is 137 Å². The minimum Gasteiger partial charge on any atom is -0.507 e. The van der Waals surface area contributed by atoms with Crippen molar-refractivity contribution in [2.75, 3.05) is 13.1 Å². The topological polar surface area (TPSA) is 65.2 Å². The zero-order chi connectivity index (χ0) is 14.2. The number of hydrogen-bond donors (Lipinski definition) is 2. The van der Waals surface area contributed by atoms with Crippen LogP contribution < -0.4 is 0 Å². The number of phenols is 2. The minimum absolute atomic E-state index is 0. The molecule has 0 saturated carbocycles. The van der Waals surface area contributed by atoms with Crippen molar-refractivity contribution < 1.29 is 30.6 Å². The summed E-state index contributed by atoms with van der Waals surface area (Å²) in [6, 6.07) is 14.1. The molecule has 2 rings (SSSR count). The summed E-state index contributed by atoms with van der Waals surface area (Å²) in [6.45, 7) is 1.05. The van der Waals surface area contributed by atoms with Crippen LogP contribution >= 0.6 is 0 Å². The van der Waals surface area contributed by atoms with E-state index in [1.807, 2.05) is 12.1 Å². The van der Waals surface area contributed by atoms with Gasteiger partial charge in [-0.15, -0.1) is 0 Å². The van der Waals surface area contributed by atoms with E-state index in [1.54, 1.807) is 48.8 Å². The van der Waals surface area contributed by atoms with Gasteiger partial charge in [0.2, 0.25) is 0 Å². The average Bonchev–Trinajstić information content (AvgIpc) is 2.46. The molecule has 2 N–H and O–H groups in total. The Balaban J connectivity index is 0.00000220. The van der Waals surface area contributed by atoms with Crippen LogP contribution in [0.4, 0.5) is 0 Å². The van der Waals surface area contributed by atoms with E-state index in [0.29, 0.717) is 24.2 Å². The van der Waals surface area contributed by atoms with Crippen LogP contribution in [0.5, 0.6) is 11.5 Å². The van der Waals surface area contributed by atoms with Crippen molar-refractivity contribution in [3.8, 4) is 11.5 Å². The molecule has 4 nitrogen and oxygen atoms in total. The third-order valence-corrected chi connectivity index (χ3v) is 2.69. The maximum absolute atomic E-state index is 9.54. The number of phenolic OH excluding ortho intramolecular Hbond substituents is 2. The molecule has 0 spiro atoms. The number of para-hydroxylation sites is 2. The van der Waals surface area contributed by atoms with Crippen molar-refractivity contribution in [1.82, 2.24) is 0 Å². The molecule has 112 valence electrons. The van der Waals surface area contributed by atoms with Crippen molar-refractivity contribution in [3.05, 3.63) is 59.7 Å². The monoisotopic (exact) mass is 374 g/mol. The summed E-state index contributed by atoms with van der Waals surface area (Å²) in [5.74, 6) is 0.433. The van der Waals surface area contributed by atoms with Crippen LogP contribution in [0.2, 0.25) is 0 Å². The molecular weight excluding hydrogens is 359 g/mol. The van der Waals surface area contributed by atoms with Crippen molar-refractivity contribution in [3.63, 3.8) is 0 Å². The standard InChI is InChI=1S/C16H16N2O2.Pd/c19-15-7-3-1-5-13(15)11-17-9-10-18-12-14-6-2-4-8-16(14)20;/h1-8,11-12,19-20H,9-10H2;/b17-11+,18-12+;. The van der Waals surface area contributed by atoms with E-state index < -0.39 is 0 Å². The minimum atomic E-state index is 0. The first-order chi connectivity index (χ1) is 9.77. The van der Waals surface area contributed by atoms with Gasteiger partial charge in [-0.25, -0.2) is 0 Å². The average molecular weight is 375 g/mol. The molecule has 0 radical (unpaired) electrons. The van der Waals surface area contributed by atoms with Crippen LogP contribution in [0.15, 0.2) is 58.5 Å². The van der Waals surface area contributed by atoms with E-state index in [9.17, 15) is 10.2 Å². The third kappa shape index (κ3) is 5.51. The molecule has 0 fully saturated rings. The van der Waals surface area contributed by atoms with Gasteiger partial charge in [0.05, 0.1) is 13.1 Å². The molecule has 0 amide bonds. The maximum Gasteiger partial charge on any atom is 0.124 e. The molecule has 0 aliphatic carbocycles. The fourth-order valence-corrected chi connectivity index (χ4v) is 1.63. The molecule has 0 unspecified atom stereocenters. The van der Waals surface area contributed by atoms with Gasteiger partial charge in [0.1, 0.15) is 11.5 Å². The van der Waals surface area contributed by atoms with Crippen LogP contribution in [0.1, 0.15) is 11.1 Å². The number of benzene rings is 2. The van der Waals surface area contributed by atoms with E-state index in [2.05, 4.69) is 9.98 Å².